The summed E-state index contributed by atoms with van der Waals surface area (Å²) in [5.41, 5.74) is 5.32. The van der Waals surface area contributed by atoms with Crippen molar-refractivity contribution in [2.75, 3.05) is 5.32 Å². The van der Waals surface area contributed by atoms with Crippen molar-refractivity contribution in [1.82, 2.24) is 0 Å². The Balaban J connectivity index is 2.09. The van der Waals surface area contributed by atoms with Crippen molar-refractivity contribution in [3.05, 3.63) is 64.0 Å². The summed E-state index contributed by atoms with van der Waals surface area (Å²) >= 11 is 0. The maximum absolute atomic E-state index is 13.3. The van der Waals surface area contributed by atoms with Gasteiger partial charge in [-0.15, -0.1) is 0 Å². The minimum atomic E-state index is -1.13. The standard InChI is InChI=1S/C16H14FN3O5/c1-9(25-14-8-11(17)4-7-13(14)20(23)24)16(22)19-12-5-2-10(3-6-12)15(18)21/h2-9H,1H3,(H2,18,21)(H,19,22)/t9-/m0/s1. The molecule has 130 valence electrons. The molecule has 1 atom stereocenters. The van der Waals surface area contributed by atoms with Crippen LogP contribution >= 0.6 is 0 Å². The number of benzene rings is 2. The van der Waals surface area contributed by atoms with E-state index in [2.05, 4.69) is 5.32 Å². The van der Waals surface area contributed by atoms with E-state index in [4.69, 9.17) is 10.5 Å². The number of carbonyl (C=O) groups excluding carboxylic acids is 2. The number of nitrogens with zero attached hydrogens (tertiary/aromatic N) is 1. The van der Waals surface area contributed by atoms with E-state index < -0.39 is 34.3 Å². The van der Waals surface area contributed by atoms with Crippen molar-refractivity contribution >= 4 is 23.2 Å². The number of nitro groups is 1. The Labute approximate surface area is 141 Å². The molecule has 0 saturated heterocycles. The van der Waals surface area contributed by atoms with Crippen LogP contribution in [0.2, 0.25) is 0 Å². The molecule has 9 heteroatoms. The van der Waals surface area contributed by atoms with Crippen molar-refractivity contribution in [1.29, 1.82) is 0 Å². The molecule has 2 rings (SSSR count). The molecule has 0 aliphatic heterocycles. The number of carbonyl (C=O) groups is 2. The van der Waals surface area contributed by atoms with Crippen LogP contribution in [0.3, 0.4) is 0 Å². The summed E-state index contributed by atoms with van der Waals surface area (Å²) in [6.07, 6.45) is -1.13. The van der Waals surface area contributed by atoms with Crippen LogP contribution in [0.25, 0.3) is 0 Å². The zero-order chi connectivity index (χ0) is 18.6. The Hall–Kier alpha value is -3.49. The number of nitrogens with two attached hydrogens (primary N) is 1. The van der Waals surface area contributed by atoms with Crippen LogP contribution in [0.4, 0.5) is 15.8 Å². The van der Waals surface area contributed by atoms with E-state index in [-0.39, 0.29) is 11.3 Å². The van der Waals surface area contributed by atoms with Gasteiger partial charge in [0.25, 0.3) is 5.91 Å². The summed E-state index contributed by atoms with van der Waals surface area (Å²) in [6.45, 7) is 1.36. The number of ether oxygens (including phenoxy) is 1. The van der Waals surface area contributed by atoms with Crippen molar-refractivity contribution in [3.8, 4) is 5.75 Å². The largest absolute Gasteiger partial charge is 0.474 e. The third-order valence-electron chi connectivity index (χ3n) is 3.23. The topological polar surface area (TPSA) is 125 Å². The van der Waals surface area contributed by atoms with Gasteiger partial charge >= 0.3 is 5.69 Å². The first-order valence-electron chi connectivity index (χ1n) is 7.09. The number of anilines is 1. The molecule has 2 aromatic carbocycles. The Morgan fingerprint density at radius 2 is 1.88 bits per heavy atom. The van der Waals surface area contributed by atoms with Crippen molar-refractivity contribution in [2.24, 2.45) is 5.73 Å². The van der Waals surface area contributed by atoms with Gasteiger partial charge < -0.3 is 15.8 Å². The van der Waals surface area contributed by atoms with E-state index in [0.717, 1.165) is 18.2 Å². The maximum atomic E-state index is 13.3. The predicted octanol–water partition coefficient (Wildman–Crippen LogP) is 2.24. The van der Waals surface area contributed by atoms with Gasteiger partial charge in [0.2, 0.25) is 11.7 Å². The van der Waals surface area contributed by atoms with Gasteiger partial charge in [0.05, 0.1) is 4.92 Å². The minimum Gasteiger partial charge on any atom is -0.474 e. The van der Waals surface area contributed by atoms with Crippen LogP contribution in [0.5, 0.6) is 5.75 Å². The molecule has 0 bridgehead atoms. The molecule has 0 aromatic heterocycles. The molecule has 0 aliphatic carbocycles. The molecule has 8 nitrogen and oxygen atoms in total. The lowest BCUT2D eigenvalue weighted by Gasteiger charge is -2.15. The number of primary amides is 1. The van der Waals surface area contributed by atoms with Crippen molar-refractivity contribution in [3.63, 3.8) is 0 Å². The third kappa shape index (κ3) is 4.50. The van der Waals surface area contributed by atoms with Crippen LogP contribution in [-0.4, -0.2) is 22.8 Å². The predicted molar refractivity (Wildman–Crippen MR) is 86.7 cm³/mol. The average molecular weight is 347 g/mol. The van der Waals surface area contributed by atoms with Crippen molar-refractivity contribution in [2.45, 2.75) is 13.0 Å². The summed E-state index contributed by atoms with van der Waals surface area (Å²) in [5, 5.41) is 13.4. The lowest BCUT2D eigenvalue weighted by Crippen LogP contribution is -2.30. The molecule has 0 radical (unpaired) electrons. The van der Waals surface area contributed by atoms with E-state index in [9.17, 15) is 24.1 Å². The monoisotopic (exact) mass is 347 g/mol. The van der Waals surface area contributed by atoms with Crippen LogP contribution < -0.4 is 15.8 Å². The molecule has 2 amide bonds. The fraction of sp³-hybridized carbons (Fsp3) is 0.125. The highest BCUT2D eigenvalue weighted by Gasteiger charge is 2.22. The van der Waals surface area contributed by atoms with Gasteiger partial charge in [-0.25, -0.2) is 4.39 Å². The lowest BCUT2D eigenvalue weighted by atomic mass is 10.2. The number of hydrogen-bond donors (Lipinski definition) is 2. The van der Waals surface area contributed by atoms with E-state index in [1.807, 2.05) is 0 Å². The van der Waals surface area contributed by atoms with Crippen molar-refractivity contribution < 1.29 is 23.6 Å². The molecule has 0 fully saturated rings. The average Bonchev–Trinajstić information content (AvgIpc) is 2.55. The number of hydrogen-bond acceptors (Lipinski definition) is 5. The smallest absolute Gasteiger partial charge is 0.311 e. The Morgan fingerprint density at radius 1 is 1.24 bits per heavy atom. The zero-order valence-corrected chi connectivity index (χ0v) is 13.1. The highest BCUT2D eigenvalue weighted by molar-refractivity contribution is 5.96. The van der Waals surface area contributed by atoms with E-state index in [1.54, 1.807) is 0 Å². The fourth-order valence-corrected chi connectivity index (χ4v) is 1.94. The van der Waals surface area contributed by atoms with E-state index in [1.165, 1.54) is 31.2 Å². The first kappa shape index (κ1) is 17.9. The summed E-state index contributed by atoms with van der Waals surface area (Å²) in [6, 6.07) is 8.52. The number of amides is 2. The molecule has 2 aromatic rings. The maximum Gasteiger partial charge on any atom is 0.311 e. The van der Waals surface area contributed by atoms with E-state index in [0.29, 0.717) is 5.69 Å². The van der Waals surface area contributed by atoms with Gasteiger partial charge in [-0.05, 0) is 37.3 Å². The second-order valence-electron chi connectivity index (χ2n) is 5.06. The summed E-state index contributed by atoms with van der Waals surface area (Å²) in [4.78, 5) is 33.3. The molecule has 3 N–H and O–H groups in total. The Morgan fingerprint density at radius 3 is 2.44 bits per heavy atom. The molecular formula is C16H14FN3O5. The van der Waals surface area contributed by atoms with Crippen LogP contribution in [0, 0.1) is 15.9 Å². The van der Waals surface area contributed by atoms with Gasteiger partial charge in [-0.1, -0.05) is 0 Å². The molecule has 0 saturated carbocycles. The molecule has 0 aliphatic rings. The molecule has 25 heavy (non-hydrogen) atoms. The van der Waals surface area contributed by atoms with Crippen LogP contribution in [0.1, 0.15) is 17.3 Å². The number of nitro benzene ring substituents is 1. The van der Waals surface area contributed by atoms with Crippen LogP contribution in [-0.2, 0) is 4.79 Å². The highest BCUT2D eigenvalue weighted by atomic mass is 19.1. The van der Waals surface area contributed by atoms with Gasteiger partial charge in [-0.2, -0.15) is 0 Å². The lowest BCUT2D eigenvalue weighted by molar-refractivity contribution is -0.386. The zero-order valence-electron chi connectivity index (χ0n) is 13.1. The summed E-state index contributed by atoms with van der Waals surface area (Å²) in [5.74, 6) is -2.29. The van der Waals surface area contributed by atoms with E-state index >= 15 is 0 Å². The number of rotatable bonds is 6. The number of halogens is 1. The quantitative estimate of drug-likeness (QED) is 0.612. The molecule has 0 unspecified atom stereocenters. The first-order valence-corrected chi connectivity index (χ1v) is 7.09. The second-order valence-corrected chi connectivity index (χ2v) is 5.06. The Bertz CT molecular complexity index is 823. The normalized spacial score (nSPS) is 11.4. The summed E-state index contributed by atoms with van der Waals surface area (Å²) < 4.78 is 18.5. The highest BCUT2D eigenvalue weighted by Crippen LogP contribution is 2.28. The van der Waals surface area contributed by atoms with Gasteiger partial charge in [-0.3, -0.25) is 19.7 Å². The third-order valence-corrected chi connectivity index (χ3v) is 3.23. The van der Waals surface area contributed by atoms with Gasteiger partial charge in [0.1, 0.15) is 5.82 Å². The molecular weight excluding hydrogens is 333 g/mol. The minimum absolute atomic E-state index is 0.276. The SMILES string of the molecule is C[C@H](Oc1cc(F)ccc1[N+](=O)[O-])C(=O)Nc1ccc(C(N)=O)cc1. The first-order chi connectivity index (χ1) is 11.8. The molecule has 0 heterocycles. The Kier molecular flexibility index (Phi) is 5.28. The molecule has 0 spiro atoms. The van der Waals surface area contributed by atoms with Crippen LogP contribution in [0.15, 0.2) is 42.5 Å². The second kappa shape index (κ2) is 7.39. The van der Waals surface area contributed by atoms with Gasteiger partial charge in [0.15, 0.2) is 6.10 Å². The fourth-order valence-electron chi connectivity index (χ4n) is 1.94. The van der Waals surface area contributed by atoms with Gasteiger partial charge in [0, 0.05) is 23.4 Å². The summed E-state index contributed by atoms with van der Waals surface area (Å²) in [7, 11) is 0. The number of nitrogens with one attached hydrogen (secondary N) is 1.